The number of hydrogen-bond donors (Lipinski definition) is 1. The highest BCUT2D eigenvalue weighted by atomic mass is 16.4. The minimum atomic E-state index is -0.679. The van der Waals surface area contributed by atoms with Gasteiger partial charge in [-0.15, -0.1) is 5.92 Å². The fourth-order valence-corrected chi connectivity index (χ4v) is 1.37. The Kier molecular flexibility index (Phi) is 3.12. The number of carboxylic acid groups (broad SMARTS) is 1. The van der Waals surface area contributed by atoms with E-state index < -0.39 is 5.97 Å². The molecule has 1 rings (SSSR count). The van der Waals surface area contributed by atoms with Gasteiger partial charge in [0.1, 0.15) is 0 Å². The molecule has 0 aromatic rings. The maximum absolute atomic E-state index is 10.6. The number of hydrogen-bond acceptors (Lipinski definition) is 2. The van der Waals surface area contributed by atoms with Crippen molar-refractivity contribution in [2.24, 2.45) is 5.92 Å². The van der Waals surface area contributed by atoms with E-state index in [1.165, 1.54) is 0 Å². The lowest BCUT2D eigenvalue weighted by molar-refractivity contribution is -0.141. The molecule has 66 valence electrons. The van der Waals surface area contributed by atoms with Crippen molar-refractivity contribution in [2.75, 3.05) is 19.6 Å². The zero-order chi connectivity index (χ0) is 8.97. The molecule has 3 heteroatoms. The van der Waals surface area contributed by atoms with Crippen molar-refractivity contribution in [3.63, 3.8) is 0 Å². The Morgan fingerprint density at radius 3 is 3.00 bits per heavy atom. The monoisotopic (exact) mass is 167 g/mol. The first-order valence-electron chi connectivity index (χ1n) is 4.09. The fourth-order valence-electron chi connectivity index (χ4n) is 1.37. The van der Waals surface area contributed by atoms with Crippen molar-refractivity contribution >= 4 is 5.97 Å². The Labute approximate surface area is 72.4 Å². The first-order chi connectivity index (χ1) is 5.74. The average molecular weight is 167 g/mol. The van der Waals surface area contributed by atoms with Crippen molar-refractivity contribution in [3.8, 4) is 11.8 Å². The SMILES string of the molecule is CC#CCN1CCC(C(=O)O)C1. The number of nitrogens with zero attached hydrogens (tertiary/aromatic N) is 1. The lowest BCUT2D eigenvalue weighted by atomic mass is 10.1. The van der Waals surface area contributed by atoms with E-state index in [0.717, 1.165) is 13.0 Å². The summed E-state index contributed by atoms with van der Waals surface area (Å²) in [6, 6.07) is 0. The lowest BCUT2D eigenvalue weighted by Gasteiger charge is -2.09. The summed E-state index contributed by atoms with van der Waals surface area (Å²) in [5, 5.41) is 8.69. The zero-order valence-electron chi connectivity index (χ0n) is 7.21. The molecule has 0 spiro atoms. The van der Waals surface area contributed by atoms with Crippen LogP contribution >= 0.6 is 0 Å². The van der Waals surface area contributed by atoms with Crippen LogP contribution in [-0.4, -0.2) is 35.6 Å². The largest absolute Gasteiger partial charge is 0.481 e. The smallest absolute Gasteiger partial charge is 0.307 e. The third-order valence-electron chi connectivity index (χ3n) is 2.10. The summed E-state index contributed by atoms with van der Waals surface area (Å²) in [5.74, 6) is 4.88. The van der Waals surface area contributed by atoms with E-state index in [-0.39, 0.29) is 5.92 Å². The Morgan fingerprint density at radius 1 is 1.75 bits per heavy atom. The van der Waals surface area contributed by atoms with Crippen molar-refractivity contribution in [1.29, 1.82) is 0 Å². The summed E-state index contributed by atoms with van der Waals surface area (Å²) in [4.78, 5) is 12.6. The molecule has 3 nitrogen and oxygen atoms in total. The second-order valence-corrected chi connectivity index (χ2v) is 2.99. The van der Waals surface area contributed by atoms with E-state index >= 15 is 0 Å². The molecule has 1 atom stereocenters. The Balaban J connectivity index is 2.33. The quantitative estimate of drug-likeness (QED) is 0.606. The summed E-state index contributed by atoms with van der Waals surface area (Å²) < 4.78 is 0. The van der Waals surface area contributed by atoms with Crippen molar-refractivity contribution in [2.45, 2.75) is 13.3 Å². The molecule has 12 heavy (non-hydrogen) atoms. The summed E-state index contributed by atoms with van der Waals surface area (Å²) in [7, 11) is 0. The third kappa shape index (κ3) is 2.24. The topological polar surface area (TPSA) is 40.5 Å². The maximum Gasteiger partial charge on any atom is 0.307 e. The van der Waals surface area contributed by atoms with Crippen LogP contribution in [0.2, 0.25) is 0 Å². The van der Waals surface area contributed by atoms with Gasteiger partial charge in [0.05, 0.1) is 12.5 Å². The highest BCUT2D eigenvalue weighted by molar-refractivity contribution is 5.70. The predicted octanol–water partition coefficient (Wildman–Crippen LogP) is 0.416. The van der Waals surface area contributed by atoms with Gasteiger partial charge in [-0.05, 0) is 19.9 Å². The molecule has 1 aliphatic rings. The summed E-state index contributed by atoms with van der Waals surface area (Å²) in [5.41, 5.74) is 0. The van der Waals surface area contributed by atoms with Gasteiger partial charge in [0.15, 0.2) is 0 Å². The molecule has 0 aromatic heterocycles. The molecule has 0 bridgehead atoms. The number of carboxylic acids is 1. The van der Waals surface area contributed by atoms with Crippen LogP contribution in [0.25, 0.3) is 0 Å². The second kappa shape index (κ2) is 4.13. The summed E-state index contributed by atoms with van der Waals surface area (Å²) in [6.07, 6.45) is 0.765. The number of aliphatic carboxylic acids is 1. The van der Waals surface area contributed by atoms with Crippen LogP contribution in [0.4, 0.5) is 0 Å². The number of likely N-dealkylation sites (tertiary alicyclic amines) is 1. The molecule has 0 aliphatic carbocycles. The lowest BCUT2D eigenvalue weighted by Crippen LogP contribution is -2.23. The van der Waals surface area contributed by atoms with E-state index in [1.807, 2.05) is 0 Å². The standard InChI is InChI=1S/C9H13NO2/c1-2-3-5-10-6-4-8(7-10)9(11)12/h8H,4-7H2,1H3,(H,11,12). The van der Waals surface area contributed by atoms with Crippen LogP contribution in [0.15, 0.2) is 0 Å². The maximum atomic E-state index is 10.6. The minimum absolute atomic E-state index is 0.177. The van der Waals surface area contributed by atoms with Crippen LogP contribution in [0, 0.1) is 17.8 Å². The van der Waals surface area contributed by atoms with Gasteiger partial charge in [-0.2, -0.15) is 0 Å². The van der Waals surface area contributed by atoms with Gasteiger partial charge in [0.25, 0.3) is 0 Å². The molecule has 1 heterocycles. The van der Waals surface area contributed by atoms with E-state index in [0.29, 0.717) is 13.1 Å². The van der Waals surface area contributed by atoms with Gasteiger partial charge in [0.2, 0.25) is 0 Å². The predicted molar refractivity (Wildman–Crippen MR) is 45.6 cm³/mol. The molecule has 0 amide bonds. The summed E-state index contributed by atoms with van der Waals surface area (Å²) in [6.45, 7) is 4.03. The Bertz CT molecular complexity index is 226. The Hall–Kier alpha value is -1.01. The van der Waals surface area contributed by atoms with Crippen LogP contribution in [0.3, 0.4) is 0 Å². The molecule has 0 radical (unpaired) electrons. The normalized spacial score (nSPS) is 23.2. The molecule has 1 saturated heterocycles. The Morgan fingerprint density at radius 2 is 2.50 bits per heavy atom. The fraction of sp³-hybridized carbons (Fsp3) is 0.667. The van der Waals surface area contributed by atoms with Crippen molar-refractivity contribution in [3.05, 3.63) is 0 Å². The van der Waals surface area contributed by atoms with E-state index in [9.17, 15) is 4.79 Å². The molecular weight excluding hydrogens is 154 g/mol. The molecule has 0 aromatic carbocycles. The molecular formula is C9H13NO2. The second-order valence-electron chi connectivity index (χ2n) is 2.99. The zero-order valence-corrected chi connectivity index (χ0v) is 7.21. The van der Waals surface area contributed by atoms with Gasteiger partial charge in [-0.25, -0.2) is 0 Å². The first-order valence-corrected chi connectivity index (χ1v) is 4.09. The molecule has 1 fully saturated rings. The van der Waals surface area contributed by atoms with Crippen LogP contribution in [0.5, 0.6) is 0 Å². The average Bonchev–Trinajstić information content (AvgIpc) is 2.48. The van der Waals surface area contributed by atoms with Gasteiger partial charge in [0, 0.05) is 6.54 Å². The van der Waals surface area contributed by atoms with Crippen LogP contribution < -0.4 is 0 Å². The molecule has 1 unspecified atom stereocenters. The van der Waals surface area contributed by atoms with E-state index in [1.54, 1.807) is 6.92 Å². The first kappa shape index (κ1) is 9.08. The molecule has 0 saturated carbocycles. The van der Waals surface area contributed by atoms with E-state index in [2.05, 4.69) is 16.7 Å². The van der Waals surface area contributed by atoms with Crippen LogP contribution in [0.1, 0.15) is 13.3 Å². The highest BCUT2D eigenvalue weighted by Gasteiger charge is 2.26. The van der Waals surface area contributed by atoms with Gasteiger partial charge in [-0.3, -0.25) is 9.69 Å². The number of rotatable bonds is 2. The van der Waals surface area contributed by atoms with Crippen LogP contribution in [-0.2, 0) is 4.79 Å². The van der Waals surface area contributed by atoms with Gasteiger partial charge >= 0.3 is 5.97 Å². The highest BCUT2D eigenvalue weighted by Crippen LogP contribution is 2.15. The minimum Gasteiger partial charge on any atom is -0.481 e. The van der Waals surface area contributed by atoms with Crippen molar-refractivity contribution in [1.82, 2.24) is 4.90 Å². The summed E-state index contributed by atoms with van der Waals surface area (Å²) >= 11 is 0. The van der Waals surface area contributed by atoms with E-state index in [4.69, 9.17) is 5.11 Å². The number of carbonyl (C=O) groups is 1. The van der Waals surface area contributed by atoms with Gasteiger partial charge in [-0.1, -0.05) is 5.92 Å². The molecule has 1 aliphatic heterocycles. The third-order valence-corrected chi connectivity index (χ3v) is 2.10. The van der Waals surface area contributed by atoms with Crippen molar-refractivity contribution < 1.29 is 9.90 Å². The molecule has 1 N–H and O–H groups in total. The van der Waals surface area contributed by atoms with Gasteiger partial charge < -0.3 is 5.11 Å².